The normalized spacial score (nSPS) is 12.8. The Morgan fingerprint density at radius 1 is 0.375 bits per heavy atom. The summed E-state index contributed by atoms with van der Waals surface area (Å²) in [7, 11) is 0. The van der Waals surface area contributed by atoms with Gasteiger partial charge in [0.25, 0.3) is 0 Å². The summed E-state index contributed by atoms with van der Waals surface area (Å²) in [6.45, 7) is 0. The van der Waals surface area contributed by atoms with Crippen LogP contribution in [0.5, 0.6) is 0 Å². The summed E-state index contributed by atoms with van der Waals surface area (Å²) in [6, 6.07) is 74.5. The highest BCUT2D eigenvalue weighted by molar-refractivity contribution is 7.26. The molecule has 1 aliphatic carbocycles. The van der Waals surface area contributed by atoms with Gasteiger partial charge >= 0.3 is 0 Å². The van der Waals surface area contributed by atoms with Crippen LogP contribution in [0.15, 0.2) is 206 Å². The van der Waals surface area contributed by atoms with Gasteiger partial charge in [0, 0.05) is 36.9 Å². The van der Waals surface area contributed by atoms with Gasteiger partial charge in [-0.1, -0.05) is 194 Å². The molecule has 0 saturated carbocycles. The van der Waals surface area contributed by atoms with Crippen LogP contribution in [-0.4, -0.2) is 9.97 Å². The minimum Gasteiger partial charge on any atom is -0.228 e. The van der Waals surface area contributed by atoms with Crippen LogP contribution < -0.4 is 0 Å². The van der Waals surface area contributed by atoms with E-state index < -0.39 is 5.41 Å². The lowest BCUT2D eigenvalue weighted by atomic mass is 9.66. The Labute approximate surface area is 330 Å². The van der Waals surface area contributed by atoms with Crippen molar-refractivity contribution in [2.75, 3.05) is 0 Å². The zero-order valence-electron chi connectivity index (χ0n) is 30.4. The monoisotopic (exact) mass is 730 g/mol. The van der Waals surface area contributed by atoms with Gasteiger partial charge in [-0.3, -0.25) is 0 Å². The lowest BCUT2D eigenvalue weighted by Crippen LogP contribution is -2.29. The first kappa shape index (κ1) is 32.5. The Morgan fingerprint density at radius 2 is 0.875 bits per heavy atom. The molecule has 0 unspecified atom stereocenters. The second-order valence-corrected chi connectivity index (χ2v) is 15.5. The molecule has 0 fully saturated rings. The van der Waals surface area contributed by atoms with Crippen molar-refractivity contribution in [2.45, 2.75) is 5.41 Å². The maximum absolute atomic E-state index is 5.39. The largest absolute Gasteiger partial charge is 0.228 e. The zero-order chi connectivity index (χ0) is 37.1. The van der Waals surface area contributed by atoms with Crippen LogP contribution in [0.3, 0.4) is 0 Å². The molecular formula is C53H34N2S. The number of nitrogens with zero attached hydrogens (tertiary/aromatic N) is 2. The standard InChI is InChI=1S/C53H34N2S/c1-4-18-35(19-5-1)52-54-47(34-48(55-52)45-31-17-30-44-41-27-13-15-33-49(41)56-51(44)45)40-26-11-10-24-38(40)42-28-16-29-43-39-25-12-14-32-46(39)53(50(42)43,36-20-6-2-7-21-36)37-22-8-3-9-23-37/h1-34H. The van der Waals surface area contributed by atoms with Crippen molar-refractivity contribution in [3.05, 3.63) is 229 Å². The van der Waals surface area contributed by atoms with E-state index in [-0.39, 0.29) is 0 Å². The summed E-state index contributed by atoms with van der Waals surface area (Å²) in [6.07, 6.45) is 0. The molecule has 0 spiro atoms. The highest BCUT2D eigenvalue weighted by Gasteiger charge is 2.47. The molecule has 0 radical (unpaired) electrons. The predicted octanol–water partition coefficient (Wildman–Crippen LogP) is 13.9. The van der Waals surface area contributed by atoms with E-state index in [0.717, 1.165) is 33.6 Å². The topological polar surface area (TPSA) is 25.8 Å². The molecule has 0 N–H and O–H groups in total. The van der Waals surface area contributed by atoms with Gasteiger partial charge in [0.05, 0.1) is 16.8 Å². The van der Waals surface area contributed by atoms with Gasteiger partial charge in [0.2, 0.25) is 0 Å². The summed E-state index contributed by atoms with van der Waals surface area (Å²) in [5.41, 5.74) is 14.4. The second-order valence-electron chi connectivity index (χ2n) is 14.4. The summed E-state index contributed by atoms with van der Waals surface area (Å²) in [4.78, 5) is 10.7. The number of thiophene rings is 1. The van der Waals surface area contributed by atoms with Gasteiger partial charge < -0.3 is 0 Å². The van der Waals surface area contributed by atoms with E-state index in [2.05, 4.69) is 200 Å². The zero-order valence-corrected chi connectivity index (χ0v) is 31.2. The molecule has 2 heterocycles. The van der Waals surface area contributed by atoms with Crippen molar-refractivity contribution in [1.82, 2.24) is 9.97 Å². The maximum Gasteiger partial charge on any atom is 0.160 e. The van der Waals surface area contributed by atoms with Crippen LogP contribution in [0.1, 0.15) is 22.3 Å². The minimum absolute atomic E-state index is 0.541. The average Bonchev–Trinajstić information content (AvgIpc) is 3.82. The number of hydrogen-bond donors (Lipinski definition) is 0. The first-order chi connectivity index (χ1) is 27.8. The summed E-state index contributed by atoms with van der Waals surface area (Å²) in [5, 5.41) is 2.53. The van der Waals surface area contributed by atoms with E-state index in [1.807, 2.05) is 17.4 Å². The SMILES string of the molecule is c1ccc(-c2nc(-c3ccccc3-c3cccc4c3C(c3ccccc3)(c3ccccc3)c3ccccc3-4)cc(-c3cccc4c3sc3ccccc34)n2)cc1. The van der Waals surface area contributed by atoms with Gasteiger partial charge in [-0.2, -0.15) is 0 Å². The summed E-state index contributed by atoms with van der Waals surface area (Å²) in [5.74, 6) is 0.708. The van der Waals surface area contributed by atoms with Gasteiger partial charge in [-0.05, 0) is 56.6 Å². The molecule has 10 aromatic rings. The van der Waals surface area contributed by atoms with E-state index in [9.17, 15) is 0 Å². The molecular weight excluding hydrogens is 697 g/mol. The van der Waals surface area contributed by atoms with Crippen LogP contribution >= 0.6 is 11.3 Å². The third kappa shape index (κ3) is 4.95. The average molecular weight is 731 g/mol. The molecule has 262 valence electrons. The molecule has 8 aromatic carbocycles. The van der Waals surface area contributed by atoms with Crippen molar-refractivity contribution in [3.63, 3.8) is 0 Å². The fraction of sp³-hybridized carbons (Fsp3) is 0.0189. The number of rotatable bonds is 6. The lowest BCUT2D eigenvalue weighted by Gasteiger charge is -2.35. The number of hydrogen-bond acceptors (Lipinski definition) is 3. The highest BCUT2D eigenvalue weighted by Crippen LogP contribution is 2.59. The maximum atomic E-state index is 5.39. The van der Waals surface area contributed by atoms with Gasteiger partial charge in [-0.15, -0.1) is 11.3 Å². The van der Waals surface area contributed by atoms with Crippen LogP contribution in [0, 0.1) is 0 Å². The Hall–Kier alpha value is -6.94. The molecule has 0 bridgehead atoms. The molecule has 2 aromatic heterocycles. The second kappa shape index (κ2) is 13.1. The number of aromatic nitrogens is 2. The van der Waals surface area contributed by atoms with Crippen molar-refractivity contribution < 1.29 is 0 Å². The Morgan fingerprint density at radius 3 is 1.61 bits per heavy atom. The molecule has 0 atom stereocenters. The third-order valence-corrected chi connectivity index (χ3v) is 12.6. The fourth-order valence-electron chi connectivity index (χ4n) is 9.06. The molecule has 0 aliphatic heterocycles. The van der Waals surface area contributed by atoms with Crippen LogP contribution in [0.25, 0.3) is 76.3 Å². The molecule has 0 amide bonds. The predicted molar refractivity (Wildman–Crippen MR) is 234 cm³/mol. The minimum atomic E-state index is -0.541. The lowest BCUT2D eigenvalue weighted by molar-refractivity contribution is 0.770. The van der Waals surface area contributed by atoms with Gasteiger partial charge in [-0.25, -0.2) is 9.97 Å². The number of benzene rings is 8. The first-order valence-electron chi connectivity index (χ1n) is 19.1. The molecule has 56 heavy (non-hydrogen) atoms. The van der Waals surface area contributed by atoms with Crippen molar-refractivity contribution >= 4 is 31.5 Å². The Bertz CT molecular complexity index is 3040. The first-order valence-corrected chi connectivity index (χ1v) is 19.9. The highest BCUT2D eigenvalue weighted by atomic mass is 32.1. The van der Waals surface area contributed by atoms with Crippen LogP contribution in [0.2, 0.25) is 0 Å². The van der Waals surface area contributed by atoms with E-state index in [4.69, 9.17) is 9.97 Å². The van der Waals surface area contributed by atoms with Gasteiger partial charge in [0.15, 0.2) is 5.82 Å². The third-order valence-electron chi connectivity index (χ3n) is 11.4. The summed E-state index contributed by atoms with van der Waals surface area (Å²) < 4.78 is 2.51. The van der Waals surface area contributed by atoms with E-state index >= 15 is 0 Å². The van der Waals surface area contributed by atoms with E-state index in [1.165, 1.54) is 59.1 Å². The molecule has 0 saturated heterocycles. The van der Waals surface area contributed by atoms with Crippen molar-refractivity contribution in [2.24, 2.45) is 0 Å². The molecule has 1 aliphatic rings. The van der Waals surface area contributed by atoms with Crippen molar-refractivity contribution in [1.29, 1.82) is 0 Å². The van der Waals surface area contributed by atoms with Crippen LogP contribution in [0.4, 0.5) is 0 Å². The summed E-state index contributed by atoms with van der Waals surface area (Å²) >= 11 is 1.83. The fourth-order valence-corrected chi connectivity index (χ4v) is 10.3. The quantitative estimate of drug-likeness (QED) is 0.170. The number of fused-ring (bicyclic) bond motifs is 6. The Kier molecular flexibility index (Phi) is 7.61. The van der Waals surface area contributed by atoms with E-state index in [1.54, 1.807) is 0 Å². The molecule has 11 rings (SSSR count). The van der Waals surface area contributed by atoms with Gasteiger partial charge in [0.1, 0.15) is 0 Å². The molecule has 3 heteroatoms. The molecule has 2 nitrogen and oxygen atoms in total. The van der Waals surface area contributed by atoms with Crippen LogP contribution in [-0.2, 0) is 5.41 Å². The van der Waals surface area contributed by atoms with E-state index in [0.29, 0.717) is 5.82 Å². The smallest absolute Gasteiger partial charge is 0.160 e. The Balaban J connectivity index is 1.19. The van der Waals surface area contributed by atoms with Crippen molar-refractivity contribution in [3.8, 4) is 56.2 Å².